The van der Waals surface area contributed by atoms with Crippen molar-refractivity contribution in [3.8, 4) is 5.75 Å². The van der Waals surface area contributed by atoms with Crippen LogP contribution in [0.15, 0.2) is 58.3 Å². The van der Waals surface area contributed by atoms with Crippen molar-refractivity contribution >= 4 is 62.0 Å². The lowest BCUT2D eigenvalue weighted by atomic mass is 10.2. The fourth-order valence-corrected chi connectivity index (χ4v) is 4.25. The molecule has 2 aromatic rings. The van der Waals surface area contributed by atoms with Crippen LogP contribution in [0.2, 0.25) is 0 Å². The van der Waals surface area contributed by atoms with E-state index in [4.69, 9.17) is 16.4 Å². The van der Waals surface area contributed by atoms with Crippen molar-refractivity contribution < 1.29 is 22.2 Å². The molecule has 144 valence electrons. The molecule has 3 rings (SSSR count). The van der Waals surface area contributed by atoms with Gasteiger partial charge in [-0.3, -0.25) is 9.59 Å². The number of carbonyl (C=O) groups excluding carboxylic acids is 2. The van der Waals surface area contributed by atoms with Crippen LogP contribution in [0.3, 0.4) is 0 Å². The van der Waals surface area contributed by atoms with E-state index < -0.39 is 10.1 Å². The van der Waals surface area contributed by atoms with E-state index in [1.165, 1.54) is 43.3 Å². The van der Waals surface area contributed by atoms with Gasteiger partial charge >= 0.3 is 10.1 Å². The Kier molecular flexibility index (Phi) is 5.82. The topological polar surface area (TPSA) is 102 Å². The Morgan fingerprint density at radius 3 is 2.32 bits per heavy atom. The molecule has 0 aromatic heterocycles. The molecule has 0 radical (unpaired) electrons. The van der Waals surface area contributed by atoms with Crippen LogP contribution in [0, 0.1) is 0 Å². The second-order valence-corrected chi connectivity index (χ2v) is 8.93. The number of thioether (sulfide) groups is 1. The molecule has 10 heteroatoms. The van der Waals surface area contributed by atoms with E-state index in [0.717, 1.165) is 11.8 Å². The number of nitrogens with one attached hydrogen (secondary N) is 2. The zero-order valence-electron chi connectivity index (χ0n) is 14.5. The third-order valence-electron chi connectivity index (χ3n) is 3.49. The largest absolute Gasteiger partial charge is 0.379 e. The van der Waals surface area contributed by atoms with Crippen molar-refractivity contribution in [1.29, 1.82) is 0 Å². The molecule has 2 N–H and O–H groups in total. The molecular formula is C18H14N2O5S3. The molecule has 2 amide bonds. The first-order chi connectivity index (χ1) is 13.2. The fourth-order valence-electron chi connectivity index (χ4n) is 2.28. The summed E-state index contributed by atoms with van der Waals surface area (Å²) in [7, 11) is -4.02. The van der Waals surface area contributed by atoms with Crippen LogP contribution in [0.4, 0.5) is 5.69 Å². The summed E-state index contributed by atoms with van der Waals surface area (Å²) in [6, 6.07) is 11.9. The molecule has 0 bridgehead atoms. The third-order valence-corrected chi connectivity index (χ3v) is 5.91. The summed E-state index contributed by atoms with van der Waals surface area (Å²) in [5.74, 6) is -0.384. The molecule has 0 unspecified atom stereocenters. The summed E-state index contributed by atoms with van der Waals surface area (Å²) in [6.07, 6.45) is 1.65. The van der Waals surface area contributed by atoms with Gasteiger partial charge in [-0.25, -0.2) is 0 Å². The maximum Gasteiger partial charge on any atom is 0.339 e. The van der Waals surface area contributed by atoms with Gasteiger partial charge in [-0.1, -0.05) is 36.1 Å². The zero-order valence-corrected chi connectivity index (χ0v) is 16.9. The minimum atomic E-state index is -4.02. The van der Waals surface area contributed by atoms with Gasteiger partial charge in [0.25, 0.3) is 5.91 Å². The highest BCUT2D eigenvalue weighted by Gasteiger charge is 2.22. The van der Waals surface area contributed by atoms with Gasteiger partial charge in [0.2, 0.25) is 5.91 Å². The average Bonchev–Trinajstić information content (AvgIpc) is 2.93. The SMILES string of the molecule is CC(=O)Nc1ccc(S(=O)(=O)Oc2ccc(/C=C3\SC(=S)NC3=O)cc2)cc1. The Labute approximate surface area is 171 Å². The summed E-state index contributed by atoms with van der Waals surface area (Å²) in [5.41, 5.74) is 1.18. The van der Waals surface area contributed by atoms with Gasteiger partial charge in [-0.05, 0) is 48.0 Å². The molecule has 0 saturated carbocycles. The molecule has 7 nitrogen and oxygen atoms in total. The Morgan fingerprint density at radius 1 is 1.14 bits per heavy atom. The lowest BCUT2D eigenvalue weighted by Crippen LogP contribution is -2.17. The van der Waals surface area contributed by atoms with Crippen LogP contribution in [-0.4, -0.2) is 24.6 Å². The molecule has 2 aromatic carbocycles. The summed E-state index contributed by atoms with van der Waals surface area (Å²) in [5, 5.41) is 5.08. The van der Waals surface area contributed by atoms with E-state index >= 15 is 0 Å². The predicted octanol–water partition coefficient (Wildman–Crippen LogP) is 2.90. The van der Waals surface area contributed by atoms with Crippen LogP contribution >= 0.6 is 24.0 Å². The third kappa shape index (κ3) is 4.97. The average molecular weight is 435 g/mol. The second kappa shape index (κ2) is 8.13. The number of carbonyl (C=O) groups is 2. The lowest BCUT2D eigenvalue weighted by molar-refractivity contribution is -0.115. The molecule has 1 heterocycles. The summed E-state index contributed by atoms with van der Waals surface area (Å²) >= 11 is 6.09. The Bertz CT molecular complexity index is 1080. The number of thiocarbonyl (C=S) groups is 1. The smallest absolute Gasteiger partial charge is 0.339 e. The molecule has 1 fully saturated rings. The van der Waals surface area contributed by atoms with Gasteiger partial charge in [-0.2, -0.15) is 8.42 Å². The summed E-state index contributed by atoms with van der Waals surface area (Å²) in [6.45, 7) is 1.36. The van der Waals surface area contributed by atoms with Crippen molar-refractivity contribution in [2.75, 3.05) is 5.32 Å². The van der Waals surface area contributed by atoms with Crippen LogP contribution in [-0.2, 0) is 19.7 Å². The minimum absolute atomic E-state index is 0.0414. The van der Waals surface area contributed by atoms with Crippen LogP contribution < -0.4 is 14.8 Å². The second-order valence-electron chi connectivity index (χ2n) is 5.66. The molecule has 0 atom stereocenters. The Hall–Kier alpha value is -2.69. The monoisotopic (exact) mass is 434 g/mol. The standard InChI is InChI=1S/C18H14N2O5S3/c1-11(21)19-13-4-8-15(9-5-13)28(23,24)25-14-6-2-12(3-7-14)10-16-17(22)20-18(26)27-16/h2-10H,1H3,(H,19,21)(H,20,22,26)/b16-10-. The molecule has 0 spiro atoms. The summed E-state index contributed by atoms with van der Waals surface area (Å²) in [4.78, 5) is 23.1. The van der Waals surface area contributed by atoms with E-state index in [1.807, 2.05) is 0 Å². The number of hydrogen-bond donors (Lipinski definition) is 2. The molecule has 28 heavy (non-hydrogen) atoms. The van der Waals surface area contributed by atoms with E-state index in [9.17, 15) is 18.0 Å². The quantitative estimate of drug-likeness (QED) is 0.424. The van der Waals surface area contributed by atoms with Crippen molar-refractivity contribution in [3.05, 3.63) is 59.0 Å². The molecule has 1 saturated heterocycles. The number of rotatable bonds is 5. The maximum atomic E-state index is 12.4. The van der Waals surface area contributed by atoms with Gasteiger partial charge in [0, 0.05) is 12.6 Å². The molecular weight excluding hydrogens is 420 g/mol. The number of amides is 2. The van der Waals surface area contributed by atoms with Crippen molar-refractivity contribution in [1.82, 2.24) is 5.32 Å². The fraction of sp³-hybridized carbons (Fsp3) is 0.0556. The van der Waals surface area contributed by atoms with Crippen molar-refractivity contribution in [2.24, 2.45) is 0 Å². The van der Waals surface area contributed by atoms with Crippen molar-refractivity contribution in [2.45, 2.75) is 11.8 Å². The first kappa shape index (κ1) is 20.1. The van der Waals surface area contributed by atoms with Gasteiger partial charge in [0.05, 0.1) is 4.91 Å². The Morgan fingerprint density at radius 2 is 1.79 bits per heavy atom. The predicted molar refractivity (Wildman–Crippen MR) is 111 cm³/mol. The summed E-state index contributed by atoms with van der Waals surface area (Å²) < 4.78 is 30.3. The number of anilines is 1. The highest BCUT2D eigenvalue weighted by atomic mass is 32.2. The highest BCUT2D eigenvalue weighted by Crippen LogP contribution is 2.27. The van der Waals surface area contributed by atoms with E-state index in [-0.39, 0.29) is 22.5 Å². The molecule has 1 aliphatic rings. The first-order valence-corrected chi connectivity index (χ1v) is 10.5. The first-order valence-electron chi connectivity index (χ1n) is 7.90. The zero-order chi connectivity index (χ0) is 20.3. The van der Waals surface area contributed by atoms with Gasteiger partial charge in [-0.15, -0.1) is 0 Å². The minimum Gasteiger partial charge on any atom is -0.379 e. The lowest BCUT2D eigenvalue weighted by Gasteiger charge is -2.08. The van der Waals surface area contributed by atoms with Crippen molar-refractivity contribution in [3.63, 3.8) is 0 Å². The van der Waals surface area contributed by atoms with Gasteiger partial charge in [0.15, 0.2) is 0 Å². The van der Waals surface area contributed by atoms with Gasteiger partial charge in [0.1, 0.15) is 15.0 Å². The van der Waals surface area contributed by atoms with Gasteiger partial charge < -0.3 is 14.8 Å². The van der Waals surface area contributed by atoms with Crippen LogP contribution in [0.1, 0.15) is 12.5 Å². The van der Waals surface area contributed by atoms with Crippen LogP contribution in [0.25, 0.3) is 6.08 Å². The van der Waals surface area contributed by atoms with Crippen LogP contribution in [0.5, 0.6) is 5.75 Å². The van der Waals surface area contributed by atoms with E-state index in [0.29, 0.717) is 20.5 Å². The number of benzene rings is 2. The number of hydrogen-bond acceptors (Lipinski definition) is 7. The molecule has 0 aliphatic carbocycles. The normalized spacial score (nSPS) is 15.4. The maximum absolute atomic E-state index is 12.4. The van der Waals surface area contributed by atoms with E-state index in [1.54, 1.807) is 18.2 Å². The van der Waals surface area contributed by atoms with E-state index in [2.05, 4.69) is 10.6 Å². The molecule has 1 aliphatic heterocycles. The highest BCUT2D eigenvalue weighted by molar-refractivity contribution is 8.26. The Balaban J connectivity index is 1.72.